The number of nitrogens with zero attached hydrogens (tertiary/aromatic N) is 1. The first-order valence-corrected chi connectivity index (χ1v) is 7.20. The first kappa shape index (κ1) is 14.0. The van der Waals surface area contributed by atoms with E-state index in [0.717, 1.165) is 15.0 Å². The van der Waals surface area contributed by atoms with Crippen LogP contribution in [0.25, 0.3) is 0 Å². The Kier molecular flexibility index (Phi) is 4.50. The average molecular weight is 298 g/mol. The van der Waals surface area contributed by atoms with Crippen molar-refractivity contribution in [2.45, 2.75) is 19.9 Å². The molecule has 4 nitrogen and oxygen atoms in total. The second-order valence-electron chi connectivity index (χ2n) is 4.03. The summed E-state index contributed by atoms with van der Waals surface area (Å²) in [6, 6.07) is 7.65. The van der Waals surface area contributed by atoms with Crippen LogP contribution in [-0.4, -0.2) is 11.6 Å². The SMILES string of the molecule is CCOc1nc(NC(C)c2ccc(Cl)s2)ccc1N. The third-order valence-corrected chi connectivity index (χ3v) is 3.97. The molecular formula is C13H16ClN3OS. The number of halogens is 1. The van der Waals surface area contributed by atoms with Gasteiger partial charge in [-0.15, -0.1) is 11.3 Å². The second-order valence-corrected chi connectivity index (χ2v) is 5.78. The number of anilines is 2. The van der Waals surface area contributed by atoms with Crippen LogP contribution in [0.3, 0.4) is 0 Å². The lowest BCUT2D eigenvalue weighted by atomic mass is 10.2. The van der Waals surface area contributed by atoms with Crippen LogP contribution in [0.5, 0.6) is 5.88 Å². The molecule has 2 aromatic rings. The first-order valence-electron chi connectivity index (χ1n) is 6.01. The van der Waals surface area contributed by atoms with E-state index >= 15 is 0 Å². The fraction of sp³-hybridized carbons (Fsp3) is 0.308. The maximum absolute atomic E-state index is 5.93. The molecule has 0 saturated heterocycles. The number of ether oxygens (including phenoxy) is 1. The van der Waals surface area contributed by atoms with Crippen LogP contribution in [0.2, 0.25) is 4.34 Å². The summed E-state index contributed by atoms with van der Waals surface area (Å²) in [5.41, 5.74) is 6.33. The van der Waals surface area contributed by atoms with E-state index in [9.17, 15) is 0 Å². The van der Waals surface area contributed by atoms with Gasteiger partial charge in [-0.3, -0.25) is 0 Å². The van der Waals surface area contributed by atoms with Gasteiger partial charge in [-0.1, -0.05) is 11.6 Å². The zero-order valence-electron chi connectivity index (χ0n) is 10.8. The van der Waals surface area contributed by atoms with Gasteiger partial charge in [0, 0.05) is 4.88 Å². The molecule has 0 radical (unpaired) electrons. The van der Waals surface area contributed by atoms with Crippen molar-refractivity contribution < 1.29 is 4.74 Å². The van der Waals surface area contributed by atoms with Crippen LogP contribution in [0.1, 0.15) is 24.8 Å². The van der Waals surface area contributed by atoms with Crippen molar-refractivity contribution >= 4 is 34.4 Å². The summed E-state index contributed by atoms with van der Waals surface area (Å²) in [5, 5.41) is 3.30. The van der Waals surface area contributed by atoms with Crippen molar-refractivity contribution in [2.24, 2.45) is 0 Å². The normalized spacial score (nSPS) is 12.2. The van der Waals surface area contributed by atoms with Gasteiger partial charge in [-0.05, 0) is 38.1 Å². The molecule has 1 atom stereocenters. The van der Waals surface area contributed by atoms with Crippen LogP contribution in [0.4, 0.5) is 11.5 Å². The molecule has 1 unspecified atom stereocenters. The minimum atomic E-state index is 0.128. The van der Waals surface area contributed by atoms with Gasteiger partial charge in [0.05, 0.1) is 22.7 Å². The molecule has 3 N–H and O–H groups in total. The molecule has 2 rings (SSSR count). The summed E-state index contributed by atoms with van der Waals surface area (Å²) in [7, 11) is 0. The molecule has 0 fully saturated rings. The number of aromatic nitrogens is 1. The molecule has 0 aliphatic rings. The topological polar surface area (TPSA) is 60.2 Å². The Balaban J connectivity index is 2.12. The highest BCUT2D eigenvalue weighted by molar-refractivity contribution is 7.16. The van der Waals surface area contributed by atoms with Gasteiger partial charge < -0.3 is 15.8 Å². The van der Waals surface area contributed by atoms with Gasteiger partial charge in [0.2, 0.25) is 5.88 Å². The lowest BCUT2D eigenvalue weighted by Gasteiger charge is -2.14. The molecule has 102 valence electrons. The van der Waals surface area contributed by atoms with Crippen LogP contribution < -0.4 is 15.8 Å². The molecule has 0 aliphatic carbocycles. The molecular weight excluding hydrogens is 282 g/mol. The second kappa shape index (κ2) is 6.12. The zero-order valence-corrected chi connectivity index (χ0v) is 12.4. The van der Waals surface area contributed by atoms with E-state index in [2.05, 4.69) is 17.2 Å². The Morgan fingerprint density at radius 2 is 2.21 bits per heavy atom. The fourth-order valence-electron chi connectivity index (χ4n) is 1.64. The number of nitrogens with two attached hydrogens (primary N) is 1. The summed E-state index contributed by atoms with van der Waals surface area (Å²) in [6.45, 7) is 4.49. The van der Waals surface area contributed by atoms with Crippen LogP contribution >= 0.6 is 22.9 Å². The smallest absolute Gasteiger partial charge is 0.239 e. The summed E-state index contributed by atoms with van der Waals surface area (Å²) in [4.78, 5) is 5.50. The van der Waals surface area contributed by atoms with E-state index in [-0.39, 0.29) is 6.04 Å². The summed E-state index contributed by atoms with van der Waals surface area (Å²) >= 11 is 7.49. The van der Waals surface area contributed by atoms with Crippen LogP contribution in [0.15, 0.2) is 24.3 Å². The molecule has 0 aliphatic heterocycles. The number of thiophene rings is 1. The predicted molar refractivity (Wildman–Crippen MR) is 81.2 cm³/mol. The van der Waals surface area contributed by atoms with Gasteiger partial charge in [0.1, 0.15) is 5.82 Å². The zero-order chi connectivity index (χ0) is 13.8. The minimum Gasteiger partial charge on any atom is -0.476 e. The van der Waals surface area contributed by atoms with E-state index in [1.807, 2.05) is 25.1 Å². The third kappa shape index (κ3) is 3.52. The highest BCUT2D eigenvalue weighted by Crippen LogP contribution is 2.29. The van der Waals surface area contributed by atoms with Crippen LogP contribution in [0, 0.1) is 0 Å². The van der Waals surface area contributed by atoms with Crippen LogP contribution in [-0.2, 0) is 0 Å². The highest BCUT2D eigenvalue weighted by Gasteiger charge is 2.10. The first-order chi connectivity index (χ1) is 9.10. The quantitative estimate of drug-likeness (QED) is 0.877. The maximum Gasteiger partial charge on any atom is 0.239 e. The van der Waals surface area contributed by atoms with Crippen molar-refractivity contribution in [1.29, 1.82) is 0 Å². The number of nitrogen functional groups attached to an aromatic ring is 1. The predicted octanol–water partition coefficient (Wildman–Crippen LogP) is 3.95. The van der Waals surface area contributed by atoms with E-state index in [1.165, 1.54) is 0 Å². The summed E-state index contributed by atoms with van der Waals surface area (Å²) in [5.74, 6) is 1.19. The lowest BCUT2D eigenvalue weighted by molar-refractivity contribution is 0.329. The molecule has 2 heterocycles. The van der Waals surface area contributed by atoms with E-state index in [1.54, 1.807) is 17.4 Å². The molecule has 2 aromatic heterocycles. The van der Waals surface area contributed by atoms with E-state index in [4.69, 9.17) is 22.1 Å². The molecule has 6 heteroatoms. The third-order valence-electron chi connectivity index (χ3n) is 2.56. The Bertz CT molecular complexity index is 559. The Morgan fingerprint density at radius 3 is 2.84 bits per heavy atom. The number of nitrogens with one attached hydrogen (secondary N) is 1. The largest absolute Gasteiger partial charge is 0.476 e. The van der Waals surface area contributed by atoms with Gasteiger partial charge >= 0.3 is 0 Å². The number of hydrogen-bond acceptors (Lipinski definition) is 5. The minimum absolute atomic E-state index is 0.128. The fourth-order valence-corrected chi connectivity index (χ4v) is 2.70. The molecule has 0 saturated carbocycles. The molecule has 19 heavy (non-hydrogen) atoms. The van der Waals surface area contributed by atoms with Crippen molar-refractivity contribution in [2.75, 3.05) is 17.7 Å². The van der Waals surface area contributed by atoms with Crippen molar-refractivity contribution in [3.63, 3.8) is 0 Å². The average Bonchev–Trinajstić information content (AvgIpc) is 2.80. The maximum atomic E-state index is 5.93. The summed E-state index contributed by atoms with van der Waals surface area (Å²) in [6.07, 6.45) is 0. The number of rotatable bonds is 5. The van der Waals surface area contributed by atoms with Gasteiger partial charge in [-0.2, -0.15) is 4.98 Å². The Hall–Kier alpha value is -1.46. The van der Waals surface area contributed by atoms with Gasteiger partial charge in [-0.25, -0.2) is 0 Å². The highest BCUT2D eigenvalue weighted by atomic mass is 35.5. The lowest BCUT2D eigenvalue weighted by Crippen LogP contribution is -2.08. The van der Waals surface area contributed by atoms with Crippen molar-refractivity contribution in [1.82, 2.24) is 4.98 Å². The number of pyridine rings is 1. The molecule has 0 aromatic carbocycles. The van der Waals surface area contributed by atoms with Crippen molar-refractivity contribution in [3.05, 3.63) is 33.5 Å². The monoisotopic (exact) mass is 297 g/mol. The molecule has 0 bridgehead atoms. The Morgan fingerprint density at radius 1 is 1.42 bits per heavy atom. The Labute approximate surface area is 121 Å². The number of hydrogen-bond donors (Lipinski definition) is 2. The van der Waals surface area contributed by atoms with E-state index < -0.39 is 0 Å². The molecule has 0 spiro atoms. The van der Waals surface area contributed by atoms with Gasteiger partial charge in [0.25, 0.3) is 0 Å². The van der Waals surface area contributed by atoms with Crippen molar-refractivity contribution in [3.8, 4) is 5.88 Å². The van der Waals surface area contributed by atoms with E-state index in [0.29, 0.717) is 18.2 Å². The standard InChI is InChI=1S/C13H16ClN3OS/c1-3-18-13-9(15)4-7-12(17-13)16-8(2)10-5-6-11(14)19-10/h4-8H,3,15H2,1-2H3,(H,16,17). The molecule has 0 amide bonds. The summed E-state index contributed by atoms with van der Waals surface area (Å²) < 4.78 is 6.16. The van der Waals surface area contributed by atoms with Gasteiger partial charge in [0.15, 0.2) is 0 Å².